The van der Waals surface area contributed by atoms with Gasteiger partial charge in [0.15, 0.2) is 0 Å². The van der Waals surface area contributed by atoms with Crippen LogP contribution in [0, 0.1) is 6.92 Å². The zero-order chi connectivity index (χ0) is 16.3. The van der Waals surface area contributed by atoms with Gasteiger partial charge < -0.3 is 4.90 Å². The van der Waals surface area contributed by atoms with Crippen molar-refractivity contribution < 1.29 is 8.42 Å². The van der Waals surface area contributed by atoms with E-state index in [-0.39, 0.29) is 0 Å². The summed E-state index contributed by atoms with van der Waals surface area (Å²) in [5, 5.41) is 0. The summed E-state index contributed by atoms with van der Waals surface area (Å²) in [5.41, 5.74) is 2.09. The van der Waals surface area contributed by atoms with Crippen molar-refractivity contribution in [2.45, 2.75) is 24.6 Å². The van der Waals surface area contributed by atoms with E-state index < -0.39 is 10.0 Å². The number of thiophene rings is 1. The molecule has 0 N–H and O–H groups in total. The van der Waals surface area contributed by atoms with E-state index in [1.165, 1.54) is 15.6 Å². The molecule has 0 aliphatic heterocycles. The molecule has 1 aromatic heterocycles. The van der Waals surface area contributed by atoms with E-state index in [0.29, 0.717) is 17.3 Å². The van der Waals surface area contributed by atoms with E-state index >= 15 is 0 Å². The molecule has 1 aromatic carbocycles. The Hall–Kier alpha value is -1.37. The molecule has 0 radical (unpaired) electrons. The zero-order valence-electron chi connectivity index (χ0n) is 13.4. The fraction of sp³-hybridized carbons (Fsp3) is 0.375. The molecular formula is C16H22N2O2S2. The number of aryl methyl sites for hydroxylation is 1. The number of sulfonamides is 1. The lowest BCUT2D eigenvalue weighted by molar-refractivity contribution is 0.425. The SMILES string of the molecule is CCN(Cc1ccc(N(C)C)cc1)S(=O)(=O)c1ccc(C)s1. The summed E-state index contributed by atoms with van der Waals surface area (Å²) in [5.74, 6) is 0. The molecule has 0 atom stereocenters. The number of anilines is 1. The second kappa shape index (κ2) is 6.81. The van der Waals surface area contributed by atoms with Crippen LogP contribution in [0.2, 0.25) is 0 Å². The van der Waals surface area contributed by atoms with Crippen molar-refractivity contribution in [1.82, 2.24) is 4.31 Å². The van der Waals surface area contributed by atoms with Gasteiger partial charge in [-0.25, -0.2) is 8.42 Å². The van der Waals surface area contributed by atoms with E-state index in [9.17, 15) is 8.42 Å². The van der Waals surface area contributed by atoms with E-state index in [1.54, 1.807) is 6.07 Å². The van der Waals surface area contributed by atoms with Crippen LogP contribution in [-0.2, 0) is 16.6 Å². The highest BCUT2D eigenvalue weighted by Crippen LogP contribution is 2.25. The Morgan fingerprint density at radius 2 is 1.68 bits per heavy atom. The maximum atomic E-state index is 12.7. The van der Waals surface area contributed by atoms with E-state index in [0.717, 1.165) is 16.1 Å². The molecule has 2 aromatic rings. The smallest absolute Gasteiger partial charge is 0.252 e. The third-order valence-electron chi connectivity index (χ3n) is 3.47. The van der Waals surface area contributed by atoms with Crippen LogP contribution >= 0.6 is 11.3 Å². The largest absolute Gasteiger partial charge is 0.378 e. The molecule has 0 bridgehead atoms. The Labute approximate surface area is 137 Å². The summed E-state index contributed by atoms with van der Waals surface area (Å²) in [7, 11) is 0.553. The molecule has 0 unspecified atom stereocenters. The van der Waals surface area contributed by atoms with Crippen LogP contribution in [0.4, 0.5) is 5.69 Å². The molecule has 0 spiro atoms. The highest BCUT2D eigenvalue weighted by atomic mass is 32.2. The fourth-order valence-corrected chi connectivity index (χ4v) is 5.02. The van der Waals surface area contributed by atoms with Crippen LogP contribution in [0.1, 0.15) is 17.4 Å². The van der Waals surface area contributed by atoms with Gasteiger partial charge in [-0.2, -0.15) is 4.31 Å². The molecule has 0 amide bonds. The monoisotopic (exact) mass is 338 g/mol. The minimum Gasteiger partial charge on any atom is -0.378 e. The predicted molar refractivity (Wildman–Crippen MR) is 93.1 cm³/mol. The van der Waals surface area contributed by atoms with Crippen molar-refractivity contribution in [3.8, 4) is 0 Å². The van der Waals surface area contributed by atoms with Crippen molar-refractivity contribution in [3.63, 3.8) is 0 Å². The summed E-state index contributed by atoms with van der Waals surface area (Å²) in [6.45, 7) is 4.63. The molecule has 2 rings (SSSR count). The minimum absolute atomic E-state index is 0.392. The third kappa shape index (κ3) is 3.69. The predicted octanol–water partition coefficient (Wildman–Crippen LogP) is 3.33. The van der Waals surface area contributed by atoms with Crippen LogP contribution in [0.5, 0.6) is 0 Å². The first-order valence-electron chi connectivity index (χ1n) is 7.17. The number of hydrogen-bond acceptors (Lipinski definition) is 4. The number of rotatable bonds is 6. The van der Waals surface area contributed by atoms with Gasteiger partial charge in [0.2, 0.25) is 0 Å². The van der Waals surface area contributed by atoms with Gasteiger partial charge in [-0.05, 0) is 36.8 Å². The van der Waals surface area contributed by atoms with Crippen LogP contribution in [0.15, 0.2) is 40.6 Å². The Kier molecular flexibility index (Phi) is 5.26. The number of benzene rings is 1. The van der Waals surface area contributed by atoms with Gasteiger partial charge in [0.05, 0.1) is 0 Å². The first-order valence-corrected chi connectivity index (χ1v) is 9.43. The molecule has 6 heteroatoms. The van der Waals surface area contributed by atoms with Gasteiger partial charge in [0.1, 0.15) is 4.21 Å². The molecule has 120 valence electrons. The molecule has 0 aliphatic carbocycles. The second-order valence-electron chi connectivity index (χ2n) is 5.36. The van der Waals surface area contributed by atoms with Crippen molar-refractivity contribution >= 4 is 27.0 Å². The third-order valence-corrected chi connectivity index (χ3v) is 6.86. The Morgan fingerprint density at radius 3 is 2.14 bits per heavy atom. The highest BCUT2D eigenvalue weighted by Gasteiger charge is 2.24. The first kappa shape index (κ1) is 17.0. The van der Waals surface area contributed by atoms with E-state index in [4.69, 9.17) is 0 Å². The van der Waals surface area contributed by atoms with Gasteiger partial charge in [-0.15, -0.1) is 11.3 Å². The maximum absolute atomic E-state index is 12.7. The molecule has 0 saturated heterocycles. The lowest BCUT2D eigenvalue weighted by Crippen LogP contribution is -2.29. The fourth-order valence-electron chi connectivity index (χ4n) is 2.15. The molecule has 1 heterocycles. The normalized spacial score (nSPS) is 11.9. The van der Waals surface area contributed by atoms with Crippen LogP contribution in [0.3, 0.4) is 0 Å². The van der Waals surface area contributed by atoms with Gasteiger partial charge in [0, 0.05) is 37.7 Å². The van der Waals surface area contributed by atoms with Crippen LogP contribution < -0.4 is 4.90 Å². The van der Waals surface area contributed by atoms with Gasteiger partial charge in [-0.1, -0.05) is 19.1 Å². The maximum Gasteiger partial charge on any atom is 0.252 e. The van der Waals surface area contributed by atoms with Gasteiger partial charge in [0.25, 0.3) is 10.0 Å². The summed E-state index contributed by atoms with van der Waals surface area (Å²) in [6, 6.07) is 11.5. The number of hydrogen-bond donors (Lipinski definition) is 0. The Bertz CT molecular complexity index is 719. The lowest BCUT2D eigenvalue weighted by atomic mass is 10.2. The summed E-state index contributed by atoms with van der Waals surface area (Å²) in [6.07, 6.45) is 0. The average molecular weight is 338 g/mol. The zero-order valence-corrected chi connectivity index (χ0v) is 15.0. The molecule has 0 aliphatic rings. The molecule has 0 fully saturated rings. The van der Waals surface area contributed by atoms with Crippen molar-refractivity contribution in [2.75, 3.05) is 25.5 Å². The van der Waals surface area contributed by atoms with Crippen molar-refractivity contribution in [3.05, 3.63) is 46.8 Å². The first-order chi connectivity index (χ1) is 10.3. The van der Waals surface area contributed by atoms with Crippen molar-refractivity contribution in [2.24, 2.45) is 0 Å². The van der Waals surface area contributed by atoms with Gasteiger partial charge in [-0.3, -0.25) is 0 Å². The van der Waals surface area contributed by atoms with E-state index in [2.05, 4.69) is 0 Å². The Balaban J connectivity index is 2.21. The summed E-state index contributed by atoms with van der Waals surface area (Å²) >= 11 is 1.32. The summed E-state index contributed by atoms with van der Waals surface area (Å²) in [4.78, 5) is 3.02. The van der Waals surface area contributed by atoms with E-state index in [1.807, 2.05) is 63.2 Å². The van der Waals surface area contributed by atoms with Gasteiger partial charge >= 0.3 is 0 Å². The van der Waals surface area contributed by atoms with Crippen molar-refractivity contribution in [1.29, 1.82) is 0 Å². The standard InChI is InChI=1S/C16H22N2O2S2/c1-5-18(22(19,20)16-11-6-13(2)21-16)12-14-7-9-15(10-8-14)17(3)4/h6-11H,5,12H2,1-4H3. The molecule has 22 heavy (non-hydrogen) atoms. The lowest BCUT2D eigenvalue weighted by Gasteiger charge is -2.20. The molecule has 4 nitrogen and oxygen atoms in total. The quantitative estimate of drug-likeness (QED) is 0.811. The van der Waals surface area contributed by atoms with Crippen LogP contribution in [0.25, 0.3) is 0 Å². The Morgan fingerprint density at radius 1 is 1.05 bits per heavy atom. The second-order valence-corrected chi connectivity index (χ2v) is 8.81. The molecule has 0 saturated carbocycles. The molecular weight excluding hydrogens is 316 g/mol. The number of nitrogens with zero attached hydrogens (tertiary/aromatic N) is 2. The average Bonchev–Trinajstić information content (AvgIpc) is 2.92. The highest BCUT2D eigenvalue weighted by molar-refractivity contribution is 7.91. The topological polar surface area (TPSA) is 40.6 Å². The summed E-state index contributed by atoms with van der Waals surface area (Å²) < 4.78 is 27.3. The minimum atomic E-state index is -3.41. The van der Waals surface area contributed by atoms with Crippen LogP contribution in [-0.4, -0.2) is 33.4 Å².